The third-order valence-electron chi connectivity index (χ3n) is 7.24. The highest BCUT2D eigenvalue weighted by Crippen LogP contribution is 2.42. The molecule has 2 nitrogen and oxygen atoms in total. The SMILES string of the molecule is CC.CC.CC.CC.CC.CC.CC.CC.CCN(CC)c1cccc2c1Cc1ccccc1-2.CN(C)c1cccc2c1Cc1ccccc1-2. The predicted molar refractivity (Wildman–Crippen MR) is 238 cm³/mol. The lowest BCUT2D eigenvalue weighted by Gasteiger charge is -2.24. The molecule has 0 bridgehead atoms. The summed E-state index contributed by atoms with van der Waals surface area (Å²) in [6.45, 7) is 38.6. The van der Waals surface area contributed by atoms with Crippen molar-refractivity contribution in [1.82, 2.24) is 0 Å². The summed E-state index contributed by atoms with van der Waals surface area (Å²) in [6.07, 6.45) is 2.15. The predicted octanol–water partition coefficient (Wildman–Crippen LogP) is 15.6. The number of fused-ring (bicyclic) bond motifs is 6. The van der Waals surface area contributed by atoms with Gasteiger partial charge < -0.3 is 9.80 Å². The molecule has 0 amide bonds. The zero-order valence-corrected chi connectivity index (χ0v) is 36.8. The molecule has 0 unspecified atom stereocenters. The summed E-state index contributed by atoms with van der Waals surface area (Å²) in [6, 6.07) is 30.8. The Morgan fingerprint density at radius 3 is 1.02 bits per heavy atom. The molecule has 284 valence electrons. The fraction of sp³-hybridized carbons (Fsp3) is 0.500. The lowest BCUT2D eigenvalue weighted by Crippen LogP contribution is -2.23. The van der Waals surface area contributed by atoms with Gasteiger partial charge in [0.25, 0.3) is 0 Å². The smallest absolute Gasteiger partial charge is 0.0408 e. The summed E-state index contributed by atoms with van der Waals surface area (Å²) < 4.78 is 0. The van der Waals surface area contributed by atoms with Crippen molar-refractivity contribution >= 4 is 11.4 Å². The lowest BCUT2D eigenvalue weighted by molar-refractivity contribution is 0.860. The van der Waals surface area contributed by atoms with Crippen molar-refractivity contribution in [3.8, 4) is 22.3 Å². The van der Waals surface area contributed by atoms with Crippen molar-refractivity contribution < 1.29 is 0 Å². The lowest BCUT2D eigenvalue weighted by atomic mass is 10.0. The Hall–Kier alpha value is -3.52. The van der Waals surface area contributed by atoms with Crippen molar-refractivity contribution in [2.24, 2.45) is 0 Å². The van der Waals surface area contributed by atoms with Gasteiger partial charge in [0.1, 0.15) is 0 Å². The van der Waals surface area contributed by atoms with Crippen LogP contribution in [0.15, 0.2) is 84.9 Å². The van der Waals surface area contributed by atoms with Gasteiger partial charge in [-0.2, -0.15) is 0 Å². The molecule has 4 aromatic carbocycles. The minimum Gasteiger partial charge on any atom is -0.377 e. The summed E-state index contributed by atoms with van der Waals surface area (Å²) in [4.78, 5) is 4.65. The molecule has 0 heterocycles. The molecule has 2 aliphatic carbocycles. The van der Waals surface area contributed by atoms with E-state index in [1.807, 2.05) is 111 Å². The van der Waals surface area contributed by atoms with Crippen molar-refractivity contribution in [1.29, 1.82) is 0 Å². The molecule has 2 aliphatic rings. The second-order valence-corrected chi connectivity index (χ2v) is 9.34. The Bertz CT molecular complexity index is 1320. The third kappa shape index (κ3) is 15.2. The Morgan fingerprint density at radius 1 is 0.380 bits per heavy atom. The fourth-order valence-corrected chi connectivity index (χ4v) is 5.56. The molecule has 0 aromatic heterocycles. The highest BCUT2D eigenvalue weighted by molar-refractivity contribution is 5.83. The van der Waals surface area contributed by atoms with E-state index in [4.69, 9.17) is 0 Å². The number of hydrogen-bond donors (Lipinski definition) is 0. The van der Waals surface area contributed by atoms with Gasteiger partial charge in [0.2, 0.25) is 0 Å². The van der Waals surface area contributed by atoms with Crippen LogP contribution in [0.2, 0.25) is 0 Å². The second-order valence-electron chi connectivity index (χ2n) is 9.34. The van der Waals surface area contributed by atoms with Crippen molar-refractivity contribution in [3.05, 3.63) is 107 Å². The maximum absolute atomic E-state index is 2.45. The Balaban J connectivity index is -0.000000304. The van der Waals surface area contributed by atoms with Crippen molar-refractivity contribution in [2.45, 2.75) is 137 Å². The van der Waals surface area contributed by atoms with Crippen LogP contribution in [0.5, 0.6) is 0 Å². The zero-order valence-electron chi connectivity index (χ0n) is 36.8. The topological polar surface area (TPSA) is 6.48 Å². The fourth-order valence-electron chi connectivity index (χ4n) is 5.56. The maximum atomic E-state index is 2.45. The van der Waals surface area contributed by atoms with E-state index in [9.17, 15) is 0 Å². The Kier molecular flexibility index (Phi) is 37.6. The van der Waals surface area contributed by atoms with Crippen molar-refractivity contribution in [2.75, 3.05) is 37.0 Å². The van der Waals surface area contributed by atoms with Gasteiger partial charge in [-0.15, -0.1) is 0 Å². The van der Waals surface area contributed by atoms with Crippen LogP contribution in [0.1, 0.15) is 147 Å². The molecular weight excluding hydrogens is 605 g/mol. The van der Waals surface area contributed by atoms with Crippen molar-refractivity contribution in [3.63, 3.8) is 0 Å². The molecule has 0 saturated heterocycles. The van der Waals surface area contributed by atoms with Crippen LogP contribution < -0.4 is 9.80 Å². The molecule has 0 spiro atoms. The largest absolute Gasteiger partial charge is 0.377 e. The number of hydrogen-bond acceptors (Lipinski definition) is 2. The first-order chi connectivity index (χ1) is 24.6. The van der Waals surface area contributed by atoms with Gasteiger partial charge in [-0.25, -0.2) is 0 Å². The molecule has 0 radical (unpaired) electrons. The number of nitrogens with zero attached hydrogens (tertiary/aromatic N) is 2. The highest BCUT2D eigenvalue weighted by atomic mass is 15.1. The van der Waals surface area contributed by atoms with Gasteiger partial charge in [0.05, 0.1) is 0 Å². The van der Waals surface area contributed by atoms with E-state index in [2.05, 4.69) is 123 Å². The van der Waals surface area contributed by atoms with E-state index in [0.717, 1.165) is 25.9 Å². The first kappa shape index (κ1) is 53.3. The van der Waals surface area contributed by atoms with Crippen LogP contribution >= 0.6 is 0 Å². The van der Waals surface area contributed by atoms with Gasteiger partial charge in [-0.1, -0.05) is 184 Å². The Labute approximate surface area is 314 Å². The molecule has 50 heavy (non-hydrogen) atoms. The standard InChI is InChI=1S/C17H19N.C15H15N.8C2H6/c1-3-18(4-2)17-11-7-10-15-14-9-6-5-8-13(14)12-16(15)17;1-16(2)15-9-5-8-13-12-7-4-3-6-11(12)10-14(13)15;8*1-2/h5-11H,3-4,12H2,1-2H3;3-9H,10H2,1-2H3;8*1-2H3. The van der Waals surface area contributed by atoms with Crippen LogP contribution in [-0.2, 0) is 12.8 Å². The minimum atomic E-state index is 1.07. The Morgan fingerprint density at radius 2 is 0.680 bits per heavy atom. The van der Waals surface area contributed by atoms with E-state index in [-0.39, 0.29) is 0 Å². The molecule has 4 aromatic rings. The van der Waals surface area contributed by atoms with Gasteiger partial charge in [-0.05, 0) is 70.5 Å². The minimum absolute atomic E-state index is 1.07. The molecule has 2 heteroatoms. The summed E-state index contributed by atoms with van der Waals surface area (Å²) in [5.74, 6) is 0. The average Bonchev–Trinajstić information content (AvgIpc) is 3.81. The number of rotatable bonds is 4. The maximum Gasteiger partial charge on any atom is 0.0408 e. The average molecular weight is 687 g/mol. The highest BCUT2D eigenvalue weighted by Gasteiger charge is 2.22. The van der Waals surface area contributed by atoms with Crippen LogP contribution in [0.4, 0.5) is 11.4 Å². The zero-order chi connectivity index (χ0) is 39.7. The summed E-state index contributed by atoms with van der Waals surface area (Å²) in [5, 5.41) is 0. The van der Waals surface area contributed by atoms with E-state index in [1.54, 1.807) is 0 Å². The quantitative estimate of drug-likeness (QED) is 0.182. The first-order valence-corrected chi connectivity index (χ1v) is 20.4. The summed E-state index contributed by atoms with van der Waals surface area (Å²) in [5.41, 5.74) is 14.3. The molecule has 0 N–H and O–H groups in total. The number of anilines is 2. The van der Waals surface area contributed by atoms with Crippen LogP contribution in [0.25, 0.3) is 22.3 Å². The molecule has 0 saturated carbocycles. The molecule has 6 rings (SSSR count). The summed E-state index contributed by atoms with van der Waals surface area (Å²) >= 11 is 0. The van der Waals surface area contributed by atoms with Crippen LogP contribution in [-0.4, -0.2) is 27.2 Å². The van der Waals surface area contributed by atoms with Gasteiger partial charge >= 0.3 is 0 Å². The van der Waals surface area contributed by atoms with Crippen LogP contribution in [0.3, 0.4) is 0 Å². The monoisotopic (exact) mass is 687 g/mol. The molecule has 0 fully saturated rings. The first-order valence-electron chi connectivity index (χ1n) is 20.4. The van der Waals surface area contributed by atoms with E-state index < -0.39 is 0 Å². The third-order valence-corrected chi connectivity index (χ3v) is 7.24. The molecule has 0 atom stereocenters. The summed E-state index contributed by atoms with van der Waals surface area (Å²) in [7, 11) is 4.22. The van der Waals surface area contributed by atoms with E-state index in [1.165, 1.54) is 55.9 Å². The van der Waals surface area contributed by atoms with Gasteiger partial charge in [-0.3, -0.25) is 0 Å². The van der Waals surface area contributed by atoms with Gasteiger partial charge in [0, 0.05) is 51.4 Å². The number of benzene rings is 4. The van der Waals surface area contributed by atoms with E-state index >= 15 is 0 Å². The normalized spacial score (nSPS) is 9.20. The van der Waals surface area contributed by atoms with Gasteiger partial charge in [0.15, 0.2) is 0 Å². The molecular formula is C48H82N2. The van der Waals surface area contributed by atoms with E-state index in [0.29, 0.717) is 0 Å². The second kappa shape index (κ2) is 35.3. The van der Waals surface area contributed by atoms with Crippen LogP contribution in [0, 0.1) is 0 Å². The molecule has 0 aliphatic heterocycles.